The maximum Gasteiger partial charge on any atom is 0.321 e. The molecule has 1 aliphatic heterocycles. The van der Waals surface area contributed by atoms with E-state index in [2.05, 4.69) is 26.1 Å². The number of rotatable bonds is 2. The summed E-state index contributed by atoms with van der Waals surface area (Å²) in [5.41, 5.74) is 0.421. The van der Waals surface area contributed by atoms with Gasteiger partial charge in [0.2, 0.25) is 0 Å². The monoisotopic (exact) mass is 271 g/mol. The van der Waals surface area contributed by atoms with Crippen LogP contribution in [0.5, 0.6) is 0 Å². The molecule has 2 unspecified atom stereocenters. The van der Waals surface area contributed by atoms with Gasteiger partial charge in [0.1, 0.15) is 6.04 Å². The zero-order chi connectivity index (χ0) is 13.3. The molecule has 1 heterocycles. The van der Waals surface area contributed by atoms with Crippen LogP contribution in [0.25, 0.3) is 0 Å². The van der Waals surface area contributed by atoms with E-state index in [0.717, 1.165) is 11.7 Å². The number of nitrogens with one attached hydrogen (secondary N) is 1. The molecule has 104 valence electrons. The molecule has 1 saturated heterocycles. The van der Waals surface area contributed by atoms with Crippen LogP contribution in [0.3, 0.4) is 0 Å². The van der Waals surface area contributed by atoms with E-state index in [1.807, 2.05) is 0 Å². The average Bonchev–Trinajstić information content (AvgIpc) is 2.77. The first-order valence-electron chi connectivity index (χ1n) is 6.98. The minimum absolute atomic E-state index is 0.333. The van der Waals surface area contributed by atoms with Gasteiger partial charge >= 0.3 is 5.97 Å². The Morgan fingerprint density at radius 3 is 2.28 bits per heavy atom. The Labute approximate surface area is 114 Å². The Balaban J connectivity index is 1.82. The molecule has 0 aromatic heterocycles. The van der Waals surface area contributed by atoms with E-state index in [0.29, 0.717) is 16.7 Å². The molecule has 1 saturated carbocycles. The van der Waals surface area contributed by atoms with Gasteiger partial charge in [-0.25, -0.2) is 0 Å². The Kier molecular flexibility index (Phi) is 4.27. The standard InChI is InChI=1S/C14H25NO2S/c1-14(2,3)10-6-4-9(5-7-10)12-15-11(8-18-12)13(16)17/h9-12,15H,4-8H2,1-3H3,(H,16,17). The lowest BCUT2D eigenvalue weighted by Gasteiger charge is -2.38. The fraction of sp³-hybridized carbons (Fsp3) is 0.929. The Hall–Kier alpha value is -0.220. The molecule has 0 amide bonds. The second-order valence-corrected chi connectivity index (χ2v) is 7.96. The highest BCUT2D eigenvalue weighted by molar-refractivity contribution is 8.00. The number of aliphatic carboxylic acids is 1. The van der Waals surface area contributed by atoms with E-state index >= 15 is 0 Å². The summed E-state index contributed by atoms with van der Waals surface area (Å²) in [6, 6.07) is -0.333. The van der Waals surface area contributed by atoms with Crippen LogP contribution in [0.2, 0.25) is 0 Å². The van der Waals surface area contributed by atoms with Gasteiger partial charge < -0.3 is 5.11 Å². The number of carboxylic acids is 1. The average molecular weight is 271 g/mol. The summed E-state index contributed by atoms with van der Waals surface area (Å²) in [5.74, 6) is 1.51. The summed E-state index contributed by atoms with van der Waals surface area (Å²) < 4.78 is 0. The Bertz CT molecular complexity index is 305. The number of hydrogen-bond acceptors (Lipinski definition) is 3. The molecule has 0 aromatic carbocycles. The molecule has 0 radical (unpaired) electrons. The quantitative estimate of drug-likeness (QED) is 0.810. The van der Waals surface area contributed by atoms with Crippen molar-refractivity contribution in [1.82, 2.24) is 5.32 Å². The minimum atomic E-state index is -0.701. The van der Waals surface area contributed by atoms with E-state index < -0.39 is 5.97 Å². The van der Waals surface area contributed by atoms with Crippen molar-refractivity contribution in [2.45, 2.75) is 57.9 Å². The molecular weight excluding hydrogens is 246 g/mol. The molecule has 0 spiro atoms. The van der Waals surface area contributed by atoms with E-state index in [9.17, 15) is 4.79 Å². The van der Waals surface area contributed by atoms with Crippen LogP contribution in [0.1, 0.15) is 46.5 Å². The zero-order valence-electron chi connectivity index (χ0n) is 11.6. The highest BCUT2D eigenvalue weighted by Gasteiger charge is 2.37. The first-order chi connectivity index (χ1) is 8.38. The van der Waals surface area contributed by atoms with Crippen LogP contribution < -0.4 is 5.32 Å². The molecule has 2 aliphatic rings. The van der Waals surface area contributed by atoms with E-state index in [4.69, 9.17) is 5.11 Å². The van der Waals surface area contributed by atoms with Crippen LogP contribution >= 0.6 is 11.8 Å². The molecule has 0 bridgehead atoms. The van der Waals surface area contributed by atoms with Crippen molar-refractivity contribution in [2.24, 2.45) is 17.3 Å². The largest absolute Gasteiger partial charge is 0.480 e. The van der Waals surface area contributed by atoms with Gasteiger partial charge in [0.25, 0.3) is 0 Å². The molecule has 2 fully saturated rings. The zero-order valence-corrected chi connectivity index (χ0v) is 12.4. The Morgan fingerprint density at radius 1 is 1.22 bits per heavy atom. The molecular formula is C14H25NO2S. The van der Waals surface area contributed by atoms with Crippen LogP contribution in [0.4, 0.5) is 0 Å². The highest BCUT2D eigenvalue weighted by atomic mass is 32.2. The summed E-state index contributed by atoms with van der Waals surface area (Å²) in [5, 5.41) is 12.6. The maximum atomic E-state index is 10.9. The van der Waals surface area contributed by atoms with Gasteiger partial charge in [-0.05, 0) is 42.9 Å². The van der Waals surface area contributed by atoms with Crippen molar-refractivity contribution in [2.75, 3.05) is 5.75 Å². The molecule has 2 atom stereocenters. The summed E-state index contributed by atoms with van der Waals surface area (Å²) in [6.45, 7) is 7.00. The van der Waals surface area contributed by atoms with Gasteiger partial charge in [-0.3, -0.25) is 10.1 Å². The fourth-order valence-corrected chi connectivity index (χ4v) is 4.64. The smallest absolute Gasteiger partial charge is 0.321 e. The first-order valence-corrected chi connectivity index (χ1v) is 8.03. The van der Waals surface area contributed by atoms with E-state index in [1.165, 1.54) is 25.7 Å². The lowest BCUT2D eigenvalue weighted by atomic mass is 9.70. The van der Waals surface area contributed by atoms with Crippen LogP contribution in [-0.2, 0) is 4.79 Å². The molecule has 4 heteroatoms. The normalized spacial score (nSPS) is 37.7. The van der Waals surface area contributed by atoms with E-state index in [1.54, 1.807) is 11.8 Å². The number of thioether (sulfide) groups is 1. The minimum Gasteiger partial charge on any atom is -0.480 e. The summed E-state index contributed by atoms with van der Waals surface area (Å²) in [4.78, 5) is 10.9. The predicted molar refractivity (Wildman–Crippen MR) is 75.7 cm³/mol. The fourth-order valence-electron chi connectivity index (χ4n) is 3.20. The number of carboxylic acid groups (broad SMARTS) is 1. The van der Waals surface area contributed by atoms with Crippen molar-refractivity contribution in [3.63, 3.8) is 0 Å². The maximum absolute atomic E-state index is 10.9. The molecule has 18 heavy (non-hydrogen) atoms. The van der Waals surface area contributed by atoms with Gasteiger partial charge in [-0.2, -0.15) is 0 Å². The van der Waals surface area contributed by atoms with Crippen LogP contribution in [-0.4, -0.2) is 28.2 Å². The van der Waals surface area contributed by atoms with Crippen molar-refractivity contribution in [3.8, 4) is 0 Å². The second-order valence-electron chi connectivity index (χ2n) is 6.79. The van der Waals surface area contributed by atoms with Gasteiger partial charge in [0, 0.05) is 5.75 Å². The van der Waals surface area contributed by atoms with Crippen LogP contribution in [0, 0.1) is 17.3 Å². The van der Waals surface area contributed by atoms with Gasteiger partial charge in [0.15, 0.2) is 0 Å². The van der Waals surface area contributed by atoms with E-state index in [-0.39, 0.29) is 6.04 Å². The van der Waals surface area contributed by atoms with Crippen molar-refractivity contribution >= 4 is 17.7 Å². The topological polar surface area (TPSA) is 49.3 Å². The predicted octanol–water partition coefficient (Wildman–Crippen LogP) is 2.95. The number of carbonyl (C=O) groups is 1. The molecule has 1 aliphatic carbocycles. The lowest BCUT2D eigenvalue weighted by Crippen LogP contribution is -2.41. The van der Waals surface area contributed by atoms with Gasteiger partial charge in [-0.1, -0.05) is 20.8 Å². The molecule has 2 N–H and O–H groups in total. The number of hydrogen-bond donors (Lipinski definition) is 2. The summed E-state index contributed by atoms with van der Waals surface area (Å²) >= 11 is 1.80. The molecule has 0 aromatic rings. The van der Waals surface area contributed by atoms with Crippen molar-refractivity contribution in [3.05, 3.63) is 0 Å². The SMILES string of the molecule is CC(C)(C)C1CCC(C2NC(C(=O)O)CS2)CC1. The van der Waals surface area contributed by atoms with Gasteiger partial charge in [-0.15, -0.1) is 11.8 Å². The van der Waals surface area contributed by atoms with Crippen molar-refractivity contribution in [1.29, 1.82) is 0 Å². The molecule has 3 nitrogen and oxygen atoms in total. The summed E-state index contributed by atoms with van der Waals surface area (Å²) in [7, 11) is 0. The Morgan fingerprint density at radius 2 is 1.83 bits per heavy atom. The van der Waals surface area contributed by atoms with Gasteiger partial charge in [0.05, 0.1) is 5.37 Å². The first kappa shape index (κ1) is 14.2. The lowest BCUT2D eigenvalue weighted by molar-refractivity contribution is -0.138. The third-order valence-electron chi connectivity index (χ3n) is 4.53. The molecule has 2 rings (SSSR count). The van der Waals surface area contributed by atoms with Crippen molar-refractivity contribution < 1.29 is 9.90 Å². The highest BCUT2D eigenvalue weighted by Crippen LogP contribution is 2.43. The summed E-state index contributed by atoms with van der Waals surface area (Å²) in [6.07, 6.45) is 5.09. The third kappa shape index (κ3) is 3.21. The van der Waals surface area contributed by atoms with Crippen LogP contribution in [0.15, 0.2) is 0 Å². The third-order valence-corrected chi connectivity index (χ3v) is 5.94. The second kappa shape index (κ2) is 5.41.